The number of aryl methyl sites for hydroxylation is 1. The fraction of sp³-hybridized carbons (Fsp3) is 0.222. The normalized spacial score (nSPS) is 10.2. The lowest BCUT2D eigenvalue weighted by atomic mass is 10.2. The molecule has 0 aliphatic heterocycles. The van der Waals surface area contributed by atoms with Gasteiger partial charge in [-0.05, 0) is 22.1 Å². The van der Waals surface area contributed by atoms with Crippen molar-refractivity contribution in [1.29, 1.82) is 0 Å². The monoisotopic (exact) mass is 234 g/mol. The van der Waals surface area contributed by atoms with Crippen LogP contribution in [0, 0.1) is 0 Å². The Hall–Kier alpha value is -2.51. The summed E-state index contributed by atoms with van der Waals surface area (Å²) in [7, 11) is 1.72. The molecule has 0 spiro atoms. The first kappa shape index (κ1) is 11.0. The summed E-state index contributed by atoms with van der Waals surface area (Å²) in [5, 5.41) is 22.6. The summed E-state index contributed by atoms with van der Waals surface area (Å²) in [6.45, 7) is 0.473. The summed E-state index contributed by atoms with van der Waals surface area (Å²) >= 11 is 0. The molecule has 0 atom stereocenters. The van der Waals surface area contributed by atoms with E-state index in [1.807, 2.05) is 0 Å². The second kappa shape index (κ2) is 4.56. The van der Waals surface area contributed by atoms with Gasteiger partial charge in [0.1, 0.15) is 5.69 Å². The molecule has 0 amide bonds. The lowest BCUT2D eigenvalue weighted by Gasteiger charge is -2.03. The van der Waals surface area contributed by atoms with Crippen LogP contribution in [-0.2, 0) is 13.6 Å². The number of carbonyl (C=O) groups is 1. The molecule has 2 N–H and O–H groups in total. The smallest absolute Gasteiger partial charge is 0.354 e. The standard InChI is InChI=1S/C9H10N6O2/c1-15-9(12-13-14-15)11-5-6-2-3-7(8(16)17)10-4-6/h2-4H,5H2,1H3,(H,16,17)(H,11,12,14). The van der Waals surface area contributed by atoms with Gasteiger partial charge in [0.05, 0.1) is 0 Å². The van der Waals surface area contributed by atoms with Crippen LogP contribution in [0.5, 0.6) is 0 Å². The van der Waals surface area contributed by atoms with E-state index in [2.05, 4.69) is 25.8 Å². The quantitative estimate of drug-likeness (QED) is 0.761. The van der Waals surface area contributed by atoms with Gasteiger partial charge in [-0.25, -0.2) is 14.5 Å². The van der Waals surface area contributed by atoms with Gasteiger partial charge in [-0.1, -0.05) is 11.2 Å². The van der Waals surface area contributed by atoms with Crippen LogP contribution in [0.4, 0.5) is 5.95 Å². The van der Waals surface area contributed by atoms with Crippen molar-refractivity contribution < 1.29 is 9.90 Å². The molecule has 2 aromatic rings. The number of rotatable bonds is 4. The van der Waals surface area contributed by atoms with Gasteiger partial charge in [0.25, 0.3) is 0 Å². The maximum Gasteiger partial charge on any atom is 0.354 e. The largest absolute Gasteiger partial charge is 0.477 e. The molecule has 0 aromatic carbocycles. The van der Waals surface area contributed by atoms with E-state index in [-0.39, 0.29) is 5.69 Å². The minimum atomic E-state index is -1.04. The highest BCUT2D eigenvalue weighted by Crippen LogP contribution is 2.04. The third kappa shape index (κ3) is 2.54. The van der Waals surface area contributed by atoms with Gasteiger partial charge in [-0.15, -0.1) is 0 Å². The van der Waals surface area contributed by atoms with Crippen molar-refractivity contribution in [3.8, 4) is 0 Å². The molecule has 2 heterocycles. The highest BCUT2D eigenvalue weighted by molar-refractivity contribution is 5.85. The van der Waals surface area contributed by atoms with Crippen molar-refractivity contribution in [1.82, 2.24) is 25.2 Å². The number of pyridine rings is 1. The van der Waals surface area contributed by atoms with Crippen molar-refractivity contribution in [2.45, 2.75) is 6.54 Å². The SMILES string of the molecule is Cn1nnnc1NCc1ccc(C(=O)O)nc1. The minimum Gasteiger partial charge on any atom is -0.477 e. The van der Waals surface area contributed by atoms with Gasteiger partial charge >= 0.3 is 5.97 Å². The first-order chi connectivity index (χ1) is 8.16. The molecule has 0 radical (unpaired) electrons. The molecule has 0 saturated heterocycles. The molecule has 0 bridgehead atoms. The molecule has 0 fully saturated rings. The second-order valence-electron chi connectivity index (χ2n) is 3.34. The average Bonchev–Trinajstić information content (AvgIpc) is 2.73. The van der Waals surface area contributed by atoms with E-state index < -0.39 is 5.97 Å². The van der Waals surface area contributed by atoms with E-state index in [1.54, 1.807) is 13.1 Å². The van der Waals surface area contributed by atoms with E-state index in [0.29, 0.717) is 12.5 Å². The molecule has 0 aliphatic rings. The maximum absolute atomic E-state index is 10.6. The fourth-order valence-electron chi connectivity index (χ4n) is 1.22. The van der Waals surface area contributed by atoms with E-state index in [4.69, 9.17) is 5.11 Å². The van der Waals surface area contributed by atoms with Crippen molar-refractivity contribution in [2.75, 3.05) is 5.32 Å². The number of hydrogen-bond donors (Lipinski definition) is 2. The molecule has 17 heavy (non-hydrogen) atoms. The van der Waals surface area contributed by atoms with Gasteiger partial charge in [0.2, 0.25) is 5.95 Å². The molecule has 88 valence electrons. The number of tetrazole rings is 1. The molecule has 8 nitrogen and oxygen atoms in total. The minimum absolute atomic E-state index is 0.0223. The van der Waals surface area contributed by atoms with Crippen LogP contribution in [0.1, 0.15) is 16.1 Å². The lowest BCUT2D eigenvalue weighted by molar-refractivity contribution is 0.0690. The van der Waals surface area contributed by atoms with Crippen LogP contribution in [0.2, 0.25) is 0 Å². The van der Waals surface area contributed by atoms with Crippen molar-refractivity contribution in [3.05, 3.63) is 29.6 Å². The summed E-state index contributed by atoms with van der Waals surface area (Å²) in [6.07, 6.45) is 1.50. The molecule has 0 aliphatic carbocycles. The molecule has 8 heteroatoms. The summed E-state index contributed by atoms with van der Waals surface area (Å²) < 4.78 is 1.50. The predicted octanol–water partition coefficient (Wildman–Crippen LogP) is -0.0846. The first-order valence-electron chi connectivity index (χ1n) is 4.81. The zero-order valence-electron chi connectivity index (χ0n) is 9.03. The number of hydrogen-bond acceptors (Lipinski definition) is 6. The Morgan fingerprint density at radius 1 is 1.53 bits per heavy atom. The Bertz CT molecular complexity index is 521. The van der Waals surface area contributed by atoms with Gasteiger partial charge in [0, 0.05) is 19.8 Å². The number of carboxylic acids is 1. The summed E-state index contributed by atoms with van der Waals surface area (Å²) in [4.78, 5) is 14.4. The molecule has 2 aromatic heterocycles. The van der Waals surface area contributed by atoms with Crippen molar-refractivity contribution >= 4 is 11.9 Å². The van der Waals surface area contributed by atoms with Crippen molar-refractivity contribution in [2.24, 2.45) is 7.05 Å². The maximum atomic E-state index is 10.6. The Labute approximate surface area is 96.3 Å². The molecule has 2 rings (SSSR count). The third-order valence-electron chi connectivity index (χ3n) is 2.11. The average molecular weight is 234 g/mol. The second-order valence-corrected chi connectivity index (χ2v) is 3.34. The first-order valence-corrected chi connectivity index (χ1v) is 4.81. The third-order valence-corrected chi connectivity index (χ3v) is 2.11. The van der Waals surface area contributed by atoms with Gasteiger partial charge < -0.3 is 10.4 Å². The van der Waals surface area contributed by atoms with E-state index in [0.717, 1.165) is 5.56 Å². The van der Waals surface area contributed by atoms with Crippen molar-refractivity contribution in [3.63, 3.8) is 0 Å². The Balaban J connectivity index is 2.00. The number of nitrogens with zero attached hydrogens (tertiary/aromatic N) is 5. The molecule has 0 unspecified atom stereocenters. The Morgan fingerprint density at radius 3 is 2.88 bits per heavy atom. The topological polar surface area (TPSA) is 106 Å². The number of anilines is 1. The summed E-state index contributed by atoms with van der Waals surface area (Å²) in [6, 6.07) is 3.14. The molecular weight excluding hydrogens is 224 g/mol. The van der Waals surface area contributed by atoms with Crippen LogP contribution in [0.3, 0.4) is 0 Å². The van der Waals surface area contributed by atoms with Crippen LogP contribution in [0.15, 0.2) is 18.3 Å². The highest BCUT2D eigenvalue weighted by atomic mass is 16.4. The summed E-state index contributed by atoms with van der Waals surface area (Å²) in [5.41, 5.74) is 0.868. The van der Waals surface area contributed by atoms with Crippen LogP contribution >= 0.6 is 0 Å². The molecular formula is C9H10N6O2. The lowest BCUT2D eigenvalue weighted by Crippen LogP contribution is -2.07. The van der Waals surface area contributed by atoms with Gasteiger partial charge in [-0.3, -0.25) is 0 Å². The Morgan fingerprint density at radius 2 is 2.35 bits per heavy atom. The highest BCUT2D eigenvalue weighted by Gasteiger charge is 2.04. The number of aromatic nitrogens is 5. The fourth-order valence-corrected chi connectivity index (χ4v) is 1.22. The zero-order valence-corrected chi connectivity index (χ0v) is 9.03. The predicted molar refractivity (Wildman–Crippen MR) is 57.3 cm³/mol. The number of carboxylic acid groups (broad SMARTS) is 1. The Kier molecular flexibility index (Phi) is 2.95. The van der Waals surface area contributed by atoms with Gasteiger partial charge in [0.15, 0.2) is 0 Å². The van der Waals surface area contributed by atoms with E-state index >= 15 is 0 Å². The van der Waals surface area contributed by atoms with Crippen LogP contribution in [-0.4, -0.2) is 36.3 Å². The zero-order chi connectivity index (χ0) is 12.3. The van der Waals surface area contributed by atoms with Gasteiger partial charge in [-0.2, -0.15) is 0 Å². The number of nitrogens with one attached hydrogen (secondary N) is 1. The van der Waals surface area contributed by atoms with E-state index in [9.17, 15) is 4.79 Å². The van der Waals surface area contributed by atoms with E-state index in [1.165, 1.54) is 16.9 Å². The summed E-state index contributed by atoms with van der Waals surface area (Å²) in [5.74, 6) is -0.505. The van der Waals surface area contributed by atoms with Crippen LogP contribution < -0.4 is 5.32 Å². The number of aromatic carboxylic acids is 1. The molecule has 0 saturated carbocycles. The van der Waals surface area contributed by atoms with Crippen LogP contribution in [0.25, 0.3) is 0 Å².